The Labute approximate surface area is 176 Å². The van der Waals surface area contributed by atoms with E-state index in [1.165, 1.54) is 0 Å². The number of aryl methyl sites for hydroxylation is 3. The molecule has 1 aromatic heterocycles. The third-order valence-corrected chi connectivity index (χ3v) is 4.96. The molecule has 0 aliphatic rings. The van der Waals surface area contributed by atoms with Gasteiger partial charge in [0.15, 0.2) is 0 Å². The van der Waals surface area contributed by atoms with Crippen LogP contribution in [0.1, 0.15) is 34.8 Å². The molecule has 2 N–H and O–H groups in total. The molecule has 0 atom stereocenters. The minimum Gasteiger partial charge on any atom is -0.382 e. The van der Waals surface area contributed by atoms with Gasteiger partial charge in [-0.15, -0.1) is 0 Å². The first-order valence-electron chi connectivity index (χ1n) is 10.2. The van der Waals surface area contributed by atoms with Crippen molar-refractivity contribution in [2.45, 2.75) is 33.7 Å². The highest BCUT2D eigenvalue weighted by molar-refractivity contribution is 5.99. The number of benzene rings is 2. The zero-order valence-electron chi connectivity index (χ0n) is 17.7. The number of rotatable bonds is 9. The van der Waals surface area contributed by atoms with Crippen molar-refractivity contribution in [2.75, 3.05) is 25.1 Å². The Bertz CT molecular complexity index is 1040. The number of carbonyl (C=O) groups is 2. The van der Waals surface area contributed by atoms with Crippen molar-refractivity contribution in [3.8, 4) is 0 Å². The number of nitrogens with zero attached hydrogens (tertiary/aromatic N) is 2. The van der Waals surface area contributed by atoms with E-state index in [-0.39, 0.29) is 18.4 Å². The van der Waals surface area contributed by atoms with Crippen molar-refractivity contribution >= 4 is 28.8 Å². The molecule has 0 spiro atoms. The number of ether oxygens (including phenoxy) is 1. The number of hydrogen-bond acceptors (Lipinski definition) is 4. The predicted octanol–water partition coefficient (Wildman–Crippen LogP) is 3.45. The van der Waals surface area contributed by atoms with E-state index in [2.05, 4.69) is 15.6 Å². The van der Waals surface area contributed by atoms with Gasteiger partial charge in [-0.05, 0) is 62.6 Å². The predicted molar refractivity (Wildman–Crippen MR) is 118 cm³/mol. The Balaban J connectivity index is 1.65. The second kappa shape index (κ2) is 10.0. The monoisotopic (exact) mass is 408 g/mol. The van der Waals surface area contributed by atoms with E-state index >= 15 is 0 Å². The molecule has 3 rings (SSSR count). The molecule has 0 fully saturated rings. The molecular formula is C23H28N4O3. The van der Waals surface area contributed by atoms with Crippen LogP contribution in [0.25, 0.3) is 11.0 Å². The minimum atomic E-state index is -0.325. The summed E-state index contributed by atoms with van der Waals surface area (Å²) in [5, 5.41) is 5.50. The molecule has 30 heavy (non-hydrogen) atoms. The van der Waals surface area contributed by atoms with Gasteiger partial charge < -0.3 is 14.6 Å². The average molecular weight is 409 g/mol. The van der Waals surface area contributed by atoms with Gasteiger partial charge in [0.1, 0.15) is 0 Å². The third-order valence-electron chi connectivity index (χ3n) is 4.96. The van der Waals surface area contributed by atoms with Crippen LogP contribution in [0.3, 0.4) is 0 Å². The molecule has 2 aromatic carbocycles. The highest BCUT2D eigenvalue weighted by Crippen LogP contribution is 2.20. The van der Waals surface area contributed by atoms with Crippen molar-refractivity contribution in [1.29, 1.82) is 0 Å². The highest BCUT2D eigenvalue weighted by atomic mass is 16.5. The molecule has 3 aromatic rings. The van der Waals surface area contributed by atoms with Crippen molar-refractivity contribution in [3.63, 3.8) is 0 Å². The smallest absolute Gasteiger partial charge is 0.251 e. The first-order chi connectivity index (χ1) is 14.5. The van der Waals surface area contributed by atoms with Gasteiger partial charge in [-0.2, -0.15) is 0 Å². The fraction of sp³-hybridized carbons (Fsp3) is 0.348. The van der Waals surface area contributed by atoms with Gasteiger partial charge >= 0.3 is 0 Å². The van der Waals surface area contributed by atoms with Crippen LogP contribution in [0.15, 0.2) is 42.5 Å². The third kappa shape index (κ3) is 5.24. The molecule has 0 aliphatic carbocycles. The van der Waals surface area contributed by atoms with Crippen LogP contribution in [-0.2, 0) is 16.1 Å². The Morgan fingerprint density at radius 2 is 1.90 bits per heavy atom. The number of nitrogens with one attached hydrogen (secondary N) is 2. The SMILES string of the molecule is CCOCCCn1c(NC(=O)CNC(=O)c2ccc(C)c(C)c2)nc2ccccc21. The quantitative estimate of drug-likeness (QED) is 0.531. The maximum atomic E-state index is 12.5. The second-order valence-corrected chi connectivity index (χ2v) is 7.16. The lowest BCUT2D eigenvalue weighted by Crippen LogP contribution is -2.33. The van der Waals surface area contributed by atoms with Gasteiger partial charge in [-0.25, -0.2) is 4.98 Å². The number of para-hydroxylation sites is 2. The Kier molecular flexibility index (Phi) is 7.19. The Morgan fingerprint density at radius 3 is 2.67 bits per heavy atom. The molecule has 7 heteroatoms. The van der Waals surface area contributed by atoms with E-state index in [0.717, 1.165) is 28.6 Å². The average Bonchev–Trinajstić information content (AvgIpc) is 3.08. The zero-order valence-corrected chi connectivity index (χ0v) is 17.7. The summed E-state index contributed by atoms with van der Waals surface area (Å²) < 4.78 is 7.39. The Morgan fingerprint density at radius 1 is 1.10 bits per heavy atom. The van der Waals surface area contributed by atoms with Crippen LogP contribution >= 0.6 is 0 Å². The Hall–Kier alpha value is -3.19. The summed E-state index contributed by atoms with van der Waals surface area (Å²) >= 11 is 0. The zero-order chi connectivity index (χ0) is 21.5. The summed E-state index contributed by atoms with van der Waals surface area (Å²) in [7, 11) is 0. The molecule has 0 saturated heterocycles. The maximum Gasteiger partial charge on any atom is 0.251 e. The molecule has 158 valence electrons. The van der Waals surface area contributed by atoms with E-state index in [4.69, 9.17) is 4.74 Å². The topological polar surface area (TPSA) is 85.2 Å². The molecule has 2 amide bonds. The van der Waals surface area contributed by atoms with Crippen LogP contribution in [0.5, 0.6) is 0 Å². The molecule has 0 unspecified atom stereocenters. The van der Waals surface area contributed by atoms with E-state index in [1.807, 2.05) is 61.7 Å². The summed E-state index contributed by atoms with van der Waals surface area (Å²) in [6.45, 7) is 7.76. The first-order valence-corrected chi connectivity index (χ1v) is 10.2. The molecular weight excluding hydrogens is 380 g/mol. The van der Waals surface area contributed by atoms with E-state index < -0.39 is 0 Å². The summed E-state index contributed by atoms with van der Waals surface area (Å²) in [6, 6.07) is 13.2. The standard InChI is InChI=1S/C23H28N4O3/c1-4-30-13-7-12-27-20-9-6-5-8-19(20)25-23(27)26-21(28)15-24-22(29)18-11-10-16(2)17(3)14-18/h5-6,8-11,14H,4,7,12-13,15H2,1-3H3,(H,24,29)(H,25,26,28). The van der Waals surface area contributed by atoms with Crippen LogP contribution in [-0.4, -0.2) is 41.1 Å². The number of amides is 2. The van der Waals surface area contributed by atoms with Gasteiger partial charge in [0, 0.05) is 25.3 Å². The number of hydrogen-bond donors (Lipinski definition) is 2. The minimum absolute atomic E-state index is 0.131. The van der Waals surface area contributed by atoms with E-state index in [1.54, 1.807) is 6.07 Å². The molecule has 0 radical (unpaired) electrons. The largest absolute Gasteiger partial charge is 0.382 e. The second-order valence-electron chi connectivity index (χ2n) is 7.16. The van der Waals surface area contributed by atoms with Crippen LogP contribution in [0.2, 0.25) is 0 Å². The van der Waals surface area contributed by atoms with Crippen molar-refractivity contribution in [3.05, 3.63) is 59.2 Å². The van der Waals surface area contributed by atoms with Crippen molar-refractivity contribution < 1.29 is 14.3 Å². The fourth-order valence-corrected chi connectivity index (χ4v) is 3.18. The van der Waals surface area contributed by atoms with Crippen molar-refractivity contribution in [1.82, 2.24) is 14.9 Å². The first kappa shape index (κ1) is 21.5. The lowest BCUT2D eigenvalue weighted by molar-refractivity contribution is -0.115. The van der Waals surface area contributed by atoms with Gasteiger partial charge in [0.05, 0.1) is 17.6 Å². The molecule has 0 bridgehead atoms. The fourth-order valence-electron chi connectivity index (χ4n) is 3.18. The van der Waals surface area contributed by atoms with Crippen LogP contribution in [0.4, 0.5) is 5.95 Å². The summed E-state index contributed by atoms with van der Waals surface area (Å²) in [5.74, 6) is -0.134. The van der Waals surface area contributed by atoms with Gasteiger partial charge in [-0.1, -0.05) is 18.2 Å². The molecule has 1 heterocycles. The maximum absolute atomic E-state index is 12.5. The number of carbonyl (C=O) groups excluding carboxylic acids is 2. The van der Waals surface area contributed by atoms with Crippen LogP contribution in [0, 0.1) is 13.8 Å². The van der Waals surface area contributed by atoms with Gasteiger partial charge in [0.2, 0.25) is 11.9 Å². The number of fused-ring (bicyclic) bond motifs is 1. The normalized spacial score (nSPS) is 10.9. The summed E-state index contributed by atoms with van der Waals surface area (Å²) in [6.07, 6.45) is 0.806. The lowest BCUT2D eigenvalue weighted by Gasteiger charge is -2.11. The molecule has 0 saturated carbocycles. The van der Waals surface area contributed by atoms with Crippen LogP contribution < -0.4 is 10.6 Å². The van der Waals surface area contributed by atoms with Gasteiger partial charge in [0.25, 0.3) is 5.91 Å². The molecule has 7 nitrogen and oxygen atoms in total. The number of imidazole rings is 1. The van der Waals surface area contributed by atoms with Gasteiger partial charge in [-0.3, -0.25) is 14.9 Å². The summed E-state index contributed by atoms with van der Waals surface area (Å²) in [4.78, 5) is 29.4. The number of anilines is 1. The molecule has 0 aliphatic heterocycles. The lowest BCUT2D eigenvalue weighted by atomic mass is 10.1. The van der Waals surface area contributed by atoms with E-state index in [9.17, 15) is 9.59 Å². The highest BCUT2D eigenvalue weighted by Gasteiger charge is 2.14. The summed E-state index contributed by atoms with van der Waals surface area (Å²) in [5.41, 5.74) is 4.45. The van der Waals surface area contributed by atoms with Crippen molar-refractivity contribution in [2.24, 2.45) is 0 Å². The van der Waals surface area contributed by atoms with E-state index in [0.29, 0.717) is 31.3 Å². The number of aromatic nitrogens is 2.